The predicted octanol–water partition coefficient (Wildman–Crippen LogP) is 6.61. The standard InChI is InChI=1S/C30H27F3N8O2/c1-17-6-8-20(39-29(42)23-13-19(10-11-34-23)30(31,32)33)14-22(17)40-27-21(9-7-18(2)38-27)25-26-28(36-15-35-25)41(16-37-26)24-5-3-4-12-43-24/h6-11,13-16,24H,3-5,12H2,1-2H3,(H,38,40)(H,39,42). The fourth-order valence-corrected chi connectivity index (χ4v) is 4.93. The zero-order chi connectivity index (χ0) is 30.1. The summed E-state index contributed by atoms with van der Waals surface area (Å²) in [6.07, 6.45) is 2.41. The molecule has 0 aliphatic carbocycles. The van der Waals surface area contributed by atoms with Gasteiger partial charge in [0.05, 0.1) is 11.9 Å². The Morgan fingerprint density at radius 3 is 2.67 bits per heavy atom. The lowest BCUT2D eigenvalue weighted by molar-refractivity contribution is -0.137. The first-order valence-electron chi connectivity index (χ1n) is 13.7. The number of ether oxygens (including phenoxy) is 1. The number of fused-ring (bicyclic) bond motifs is 1. The number of carbonyl (C=O) groups excluding carboxylic acids is 1. The SMILES string of the molecule is Cc1ccc(-c2ncnc3c2ncn3C2CCCCO2)c(Nc2cc(NC(=O)c3cc(C(F)(F)F)ccn3)ccc2C)n1. The summed E-state index contributed by atoms with van der Waals surface area (Å²) in [5.74, 6) is -0.259. The Kier molecular flexibility index (Phi) is 7.48. The number of imidazole rings is 1. The van der Waals surface area contributed by atoms with Crippen molar-refractivity contribution >= 4 is 34.3 Å². The van der Waals surface area contributed by atoms with Gasteiger partial charge in [-0.2, -0.15) is 13.2 Å². The lowest BCUT2D eigenvalue weighted by Gasteiger charge is -2.23. The van der Waals surface area contributed by atoms with Crippen molar-refractivity contribution in [3.63, 3.8) is 0 Å². The monoisotopic (exact) mass is 588 g/mol. The molecule has 1 atom stereocenters. The number of aromatic nitrogens is 6. The van der Waals surface area contributed by atoms with Crippen molar-refractivity contribution in [2.24, 2.45) is 0 Å². The lowest BCUT2D eigenvalue weighted by atomic mass is 10.1. The maximum Gasteiger partial charge on any atom is 0.416 e. The van der Waals surface area contributed by atoms with E-state index in [4.69, 9.17) is 9.72 Å². The zero-order valence-corrected chi connectivity index (χ0v) is 23.3. The molecule has 13 heteroatoms. The van der Waals surface area contributed by atoms with Crippen LogP contribution in [-0.2, 0) is 10.9 Å². The second kappa shape index (κ2) is 11.4. The molecular formula is C30H27F3N8O2. The Hall–Kier alpha value is -4.91. The van der Waals surface area contributed by atoms with E-state index in [2.05, 4.69) is 30.6 Å². The summed E-state index contributed by atoms with van der Waals surface area (Å²) in [6.45, 7) is 4.44. The van der Waals surface area contributed by atoms with E-state index < -0.39 is 17.6 Å². The number of pyridine rings is 2. The van der Waals surface area contributed by atoms with Gasteiger partial charge in [-0.1, -0.05) is 6.07 Å². The number of benzene rings is 1. The molecule has 1 aliphatic heterocycles. The van der Waals surface area contributed by atoms with Gasteiger partial charge in [-0.05, 0) is 75.1 Å². The van der Waals surface area contributed by atoms with Crippen molar-refractivity contribution in [3.05, 3.63) is 83.8 Å². The number of rotatable bonds is 6. The second-order valence-corrected chi connectivity index (χ2v) is 10.3. The van der Waals surface area contributed by atoms with Crippen LogP contribution in [0.15, 0.2) is 61.3 Å². The van der Waals surface area contributed by atoms with Gasteiger partial charge in [-0.3, -0.25) is 14.3 Å². The van der Waals surface area contributed by atoms with E-state index in [-0.39, 0.29) is 11.9 Å². The first-order chi connectivity index (χ1) is 20.7. The minimum atomic E-state index is -4.59. The van der Waals surface area contributed by atoms with Gasteiger partial charge in [0.2, 0.25) is 0 Å². The summed E-state index contributed by atoms with van der Waals surface area (Å²) in [7, 11) is 0. The van der Waals surface area contributed by atoms with Crippen LogP contribution in [0.4, 0.5) is 30.4 Å². The summed E-state index contributed by atoms with van der Waals surface area (Å²) < 4.78 is 47.3. The van der Waals surface area contributed by atoms with Crippen LogP contribution in [0.1, 0.15) is 52.8 Å². The number of anilines is 3. The predicted molar refractivity (Wildman–Crippen MR) is 154 cm³/mol. The summed E-state index contributed by atoms with van der Waals surface area (Å²) >= 11 is 0. The first-order valence-corrected chi connectivity index (χ1v) is 13.7. The number of hydrogen-bond acceptors (Lipinski definition) is 8. The Bertz CT molecular complexity index is 1820. The van der Waals surface area contributed by atoms with Gasteiger partial charge in [-0.25, -0.2) is 19.9 Å². The van der Waals surface area contributed by atoms with Crippen LogP contribution in [-0.4, -0.2) is 42.0 Å². The molecule has 0 saturated carbocycles. The molecule has 5 heterocycles. The van der Waals surface area contributed by atoms with Gasteiger partial charge in [-0.15, -0.1) is 0 Å². The average Bonchev–Trinajstić information content (AvgIpc) is 3.44. The highest BCUT2D eigenvalue weighted by Gasteiger charge is 2.31. The molecule has 1 fully saturated rings. The summed E-state index contributed by atoms with van der Waals surface area (Å²) in [5.41, 5.74) is 3.84. The molecule has 43 heavy (non-hydrogen) atoms. The summed E-state index contributed by atoms with van der Waals surface area (Å²) in [4.78, 5) is 35.0. The van der Waals surface area contributed by atoms with Crippen LogP contribution in [0.2, 0.25) is 0 Å². The Morgan fingerprint density at radius 1 is 1.02 bits per heavy atom. The molecule has 0 bridgehead atoms. The molecule has 2 N–H and O–H groups in total. The largest absolute Gasteiger partial charge is 0.416 e. The lowest BCUT2D eigenvalue weighted by Crippen LogP contribution is -2.17. The molecule has 1 aromatic carbocycles. The van der Waals surface area contributed by atoms with Crippen molar-refractivity contribution < 1.29 is 22.7 Å². The van der Waals surface area contributed by atoms with E-state index in [9.17, 15) is 18.0 Å². The van der Waals surface area contributed by atoms with Crippen molar-refractivity contribution in [1.29, 1.82) is 0 Å². The van der Waals surface area contributed by atoms with Gasteiger partial charge < -0.3 is 15.4 Å². The highest BCUT2D eigenvalue weighted by Crippen LogP contribution is 2.35. The number of carbonyl (C=O) groups is 1. The van der Waals surface area contributed by atoms with Gasteiger partial charge in [0, 0.05) is 35.4 Å². The van der Waals surface area contributed by atoms with Crippen LogP contribution < -0.4 is 10.6 Å². The Morgan fingerprint density at radius 2 is 1.88 bits per heavy atom. The Labute approximate surface area is 244 Å². The molecule has 220 valence electrons. The zero-order valence-electron chi connectivity index (χ0n) is 23.3. The third-order valence-electron chi connectivity index (χ3n) is 7.18. The van der Waals surface area contributed by atoms with Crippen LogP contribution >= 0.6 is 0 Å². The molecule has 1 unspecified atom stereocenters. The fraction of sp³-hybridized carbons (Fsp3) is 0.267. The molecule has 0 radical (unpaired) electrons. The molecule has 1 saturated heterocycles. The molecular weight excluding hydrogens is 561 g/mol. The van der Waals surface area contributed by atoms with E-state index in [0.717, 1.165) is 48.8 Å². The first kappa shape index (κ1) is 28.2. The van der Waals surface area contributed by atoms with Crippen molar-refractivity contribution in [2.45, 2.75) is 45.5 Å². The van der Waals surface area contributed by atoms with E-state index in [1.807, 2.05) is 30.5 Å². The van der Waals surface area contributed by atoms with Gasteiger partial charge in [0.25, 0.3) is 5.91 Å². The number of nitrogens with one attached hydrogen (secondary N) is 2. The molecule has 6 rings (SSSR count). The highest BCUT2D eigenvalue weighted by molar-refractivity contribution is 6.03. The summed E-state index contributed by atoms with van der Waals surface area (Å²) in [6, 6.07) is 10.4. The number of halogens is 3. The number of alkyl halides is 3. The smallest absolute Gasteiger partial charge is 0.358 e. The number of nitrogens with zero attached hydrogens (tertiary/aromatic N) is 6. The summed E-state index contributed by atoms with van der Waals surface area (Å²) in [5, 5.41) is 5.98. The fourth-order valence-electron chi connectivity index (χ4n) is 4.93. The number of hydrogen-bond donors (Lipinski definition) is 2. The van der Waals surface area contributed by atoms with E-state index in [1.54, 1.807) is 24.5 Å². The van der Waals surface area contributed by atoms with Gasteiger partial charge >= 0.3 is 6.18 Å². The normalized spacial score (nSPS) is 15.4. The minimum absolute atomic E-state index is 0.137. The molecule has 4 aromatic heterocycles. The second-order valence-electron chi connectivity index (χ2n) is 10.3. The van der Waals surface area contributed by atoms with E-state index in [0.29, 0.717) is 46.2 Å². The topological polar surface area (TPSA) is 120 Å². The van der Waals surface area contributed by atoms with E-state index >= 15 is 0 Å². The third kappa shape index (κ3) is 5.89. The van der Waals surface area contributed by atoms with E-state index in [1.165, 1.54) is 6.33 Å². The third-order valence-corrected chi connectivity index (χ3v) is 7.18. The molecule has 1 aliphatic rings. The van der Waals surface area contributed by atoms with Gasteiger partial charge in [0.1, 0.15) is 35.3 Å². The number of amides is 1. The maximum atomic E-state index is 13.1. The van der Waals surface area contributed by atoms with Crippen LogP contribution in [0.5, 0.6) is 0 Å². The quantitative estimate of drug-likeness (QED) is 0.227. The molecule has 1 amide bonds. The average molecular weight is 589 g/mol. The molecule has 0 spiro atoms. The van der Waals surface area contributed by atoms with Crippen LogP contribution in [0.3, 0.4) is 0 Å². The van der Waals surface area contributed by atoms with Crippen molar-refractivity contribution in [3.8, 4) is 11.3 Å². The van der Waals surface area contributed by atoms with Crippen molar-refractivity contribution in [2.75, 3.05) is 17.2 Å². The highest BCUT2D eigenvalue weighted by atomic mass is 19.4. The molecule has 10 nitrogen and oxygen atoms in total. The number of aryl methyl sites for hydroxylation is 2. The minimum Gasteiger partial charge on any atom is -0.358 e. The Balaban J connectivity index is 1.31. The molecule has 5 aromatic rings. The van der Waals surface area contributed by atoms with Gasteiger partial charge in [0.15, 0.2) is 5.65 Å². The van der Waals surface area contributed by atoms with Crippen molar-refractivity contribution in [1.82, 2.24) is 29.5 Å². The van der Waals surface area contributed by atoms with Crippen LogP contribution in [0, 0.1) is 13.8 Å². The van der Waals surface area contributed by atoms with Crippen LogP contribution in [0.25, 0.3) is 22.4 Å². The maximum absolute atomic E-state index is 13.1.